The quantitative estimate of drug-likeness (QED) is 0.805. The van der Waals surface area contributed by atoms with Gasteiger partial charge in [-0.3, -0.25) is 0 Å². The number of nitriles is 1. The van der Waals surface area contributed by atoms with Crippen LogP contribution < -0.4 is 4.74 Å². The molecule has 0 unspecified atom stereocenters. The van der Waals surface area contributed by atoms with E-state index >= 15 is 0 Å². The van der Waals surface area contributed by atoms with Gasteiger partial charge >= 0.3 is 0 Å². The third-order valence-corrected chi connectivity index (χ3v) is 5.30. The van der Waals surface area contributed by atoms with Gasteiger partial charge in [-0.1, -0.05) is 0 Å². The Hall–Kier alpha value is -0.660. The van der Waals surface area contributed by atoms with Gasteiger partial charge in [0.1, 0.15) is 10.5 Å². The topological polar surface area (TPSA) is 33.0 Å². The van der Waals surface area contributed by atoms with Gasteiger partial charge in [0.25, 0.3) is 0 Å². The van der Waals surface area contributed by atoms with Crippen LogP contribution in [0.4, 0.5) is 0 Å². The summed E-state index contributed by atoms with van der Waals surface area (Å²) in [4.78, 5) is 1.14. The van der Waals surface area contributed by atoms with E-state index in [9.17, 15) is 0 Å². The van der Waals surface area contributed by atoms with Crippen molar-refractivity contribution in [1.82, 2.24) is 0 Å². The summed E-state index contributed by atoms with van der Waals surface area (Å²) in [6.45, 7) is 0.827. The number of hydrogen-bond donors (Lipinski definition) is 0. The molecular formula is C14H14BrNOS. The van der Waals surface area contributed by atoms with Gasteiger partial charge in [-0.05, 0) is 65.7 Å². The molecule has 2 aliphatic rings. The van der Waals surface area contributed by atoms with Crippen LogP contribution in [0, 0.1) is 17.2 Å². The molecule has 0 aliphatic heterocycles. The molecule has 0 bridgehead atoms. The summed E-state index contributed by atoms with van der Waals surface area (Å²) in [6, 6.07) is 8.51. The van der Waals surface area contributed by atoms with E-state index in [0.29, 0.717) is 0 Å². The first-order valence-electron chi connectivity index (χ1n) is 6.23. The predicted molar refractivity (Wildman–Crippen MR) is 75.8 cm³/mol. The maximum Gasteiger partial charge on any atom is 0.133 e. The van der Waals surface area contributed by atoms with Gasteiger partial charge in [-0.15, -0.1) is 11.8 Å². The van der Waals surface area contributed by atoms with Crippen LogP contribution in [0.25, 0.3) is 0 Å². The van der Waals surface area contributed by atoms with Gasteiger partial charge in [-0.2, -0.15) is 5.26 Å². The van der Waals surface area contributed by atoms with Gasteiger partial charge in [0, 0.05) is 4.90 Å². The molecule has 4 heteroatoms. The molecule has 0 radical (unpaired) electrons. The van der Waals surface area contributed by atoms with Crippen molar-refractivity contribution in [2.75, 3.05) is 6.61 Å². The second-order valence-corrected chi connectivity index (χ2v) is 7.37. The van der Waals surface area contributed by atoms with Crippen molar-refractivity contribution in [2.24, 2.45) is 5.92 Å². The maximum absolute atomic E-state index is 9.09. The molecule has 2 fully saturated rings. The summed E-state index contributed by atoms with van der Waals surface area (Å²) in [5.74, 6) is 1.67. The standard InChI is InChI=1S/C14H14BrNOS/c15-12-7-11(18-14(9-16)5-6-14)3-4-13(12)17-8-10-1-2-10/h3-4,7,10H,1-2,5-6,8H2. The first kappa shape index (κ1) is 12.4. The van der Waals surface area contributed by atoms with E-state index in [2.05, 4.69) is 34.1 Å². The molecule has 2 aliphatic carbocycles. The maximum atomic E-state index is 9.09. The molecule has 18 heavy (non-hydrogen) atoms. The van der Waals surface area contributed by atoms with E-state index in [1.54, 1.807) is 11.8 Å². The van der Waals surface area contributed by atoms with E-state index in [1.807, 2.05) is 6.07 Å². The SMILES string of the molecule is N#CC1(Sc2ccc(OCC3CC3)c(Br)c2)CC1. The average Bonchev–Trinajstić information content (AvgIpc) is 3.24. The van der Waals surface area contributed by atoms with Crippen molar-refractivity contribution in [3.63, 3.8) is 0 Å². The van der Waals surface area contributed by atoms with Gasteiger partial charge in [-0.25, -0.2) is 0 Å². The van der Waals surface area contributed by atoms with Crippen molar-refractivity contribution in [3.8, 4) is 11.8 Å². The summed E-state index contributed by atoms with van der Waals surface area (Å²) in [7, 11) is 0. The fraction of sp³-hybridized carbons (Fsp3) is 0.500. The summed E-state index contributed by atoms with van der Waals surface area (Å²) in [5.41, 5.74) is 0. The molecule has 0 heterocycles. The normalized spacial score (nSPS) is 20.2. The molecule has 0 N–H and O–H groups in total. The number of nitrogens with zero attached hydrogens (tertiary/aromatic N) is 1. The van der Waals surface area contributed by atoms with Crippen molar-refractivity contribution in [3.05, 3.63) is 22.7 Å². The zero-order valence-corrected chi connectivity index (χ0v) is 12.4. The Morgan fingerprint density at radius 1 is 1.44 bits per heavy atom. The van der Waals surface area contributed by atoms with Crippen molar-refractivity contribution in [2.45, 2.75) is 35.3 Å². The first-order valence-corrected chi connectivity index (χ1v) is 7.84. The van der Waals surface area contributed by atoms with Crippen LogP contribution in [-0.4, -0.2) is 11.4 Å². The Kier molecular flexibility index (Phi) is 3.29. The summed E-state index contributed by atoms with van der Waals surface area (Å²) in [5, 5.41) is 9.09. The second kappa shape index (κ2) is 4.79. The smallest absolute Gasteiger partial charge is 0.133 e. The van der Waals surface area contributed by atoms with Gasteiger partial charge in [0.15, 0.2) is 0 Å². The van der Waals surface area contributed by atoms with Crippen LogP contribution in [0.15, 0.2) is 27.6 Å². The van der Waals surface area contributed by atoms with Crippen molar-refractivity contribution < 1.29 is 4.74 Å². The third kappa shape index (κ3) is 2.84. The first-order chi connectivity index (χ1) is 8.71. The lowest BCUT2D eigenvalue weighted by Crippen LogP contribution is -2.00. The highest BCUT2D eigenvalue weighted by Crippen LogP contribution is 2.51. The lowest BCUT2D eigenvalue weighted by atomic mass is 10.3. The number of thioether (sulfide) groups is 1. The second-order valence-electron chi connectivity index (χ2n) is 5.05. The highest BCUT2D eigenvalue weighted by Gasteiger charge is 2.44. The van der Waals surface area contributed by atoms with Crippen LogP contribution >= 0.6 is 27.7 Å². The Bertz CT molecular complexity index is 503. The lowest BCUT2D eigenvalue weighted by Gasteiger charge is -2.10. The van der Waals surface area contributed by atoms with Crippen LogP contribution in [-0.2, 0) is 0 Å². The molecule has 0 atom stereocenters. The summed E-state index contributed by atoms with van der Waals surface area (Å²) < 4.78 is 6.60. The molecule has 1 aromatic carbocycles. The molecule has 2 saturated carbocycles. The zero-order chi connectivity index (χ0) is 12.6. The van der Waals surface area contributed by atoms with Crippen molar-refractivity contribution in [1.29, 1.82) is 5.26 Å². The molecule has 0 spiro atoms. The monoisotopic (exact) mass is 323 g/mol. The Labute approximate surface area is 120 Å². The number of hydrogen-bond acceptors (Lipinski definition) is 3. The minimum Gasteiger partial charge on any atom is -0.492 e. The Morgan fingerprint density at radius 2 is 2.22 bits per heavy atom. The Balaban J connectivity index is 1.66. The van der Waals surface area contributed by atoms with Crippen LogP contribution in [0.3, 0.4) is 0 Å². The Morgan fingerprint density at radius 3 is 2.78 bits per heavy atom. The fourth-order valence-corrected chi connectivity index (χ4v) is 3.49. The third-order valence-electron chi connectivity index (χ3n) is 3.30. The van der Waals surface area contributed by atoms with E-state index < -0.39 is 0 Å². The van der Waals surface area contributed by atoms with E-state index in [0.717, 1.165) is 40.5 Å². The van der Waals surface area contributed by atoms with Crippen molar-refractivity contribution >= 4 is 27.7 Å². The van der Waals surface area contributed by atoms with E-state index in [4.69, 9.17) is 10.00 Å². The largest absolute Gasteiger partial charge is 0.492 e. The average molecular weight is 324 g/mol. The zero-order valence-electron chi connectivity index (χ0n) is 9.99. The lowest BCUT2D eigenvalue weighted by molar-refractivity contribution is 0.298. The minimum atomic E-state index is -0.157. The number of rotatable bonds is 5. The summed E-state index contributed by atoms with van der Waals surface area (Å²) >= 11 is 5.22. The number of benzene rings is 1. The highest BCUT2D eigenvalue weighted by atomic mass is 79.9. The minimum absolute atomic E-state index is 0.157. The van der Waals surface area contributed by atoms with Gasteiger partial charge in [0.2, 0.25) is 0 Å². The van der Waals surface area contributed by atoms with Crippen LogP contribution in [0.5, 0.6) is 5.75 Å². The van der Waals surface area contributed by atoms with Gasteiger partial charge < -0.3 is 4.74 Å². The molecule has 2 nitrogen and oxygen atoms in total. The van der Waals surface area contributed by atoms with Gasteiger partial charge in [0.05, 0.1) is 17.1 Å². The van der Waals surface area contributed by atoms with E-state index in [1.165, 1.54) is 12.8 Å². The molecule has 0 amide bonds. The number of halogens is 1. The highest BCUT2D eigenvalue weighted by molar-refractivity contribution is 9.10. The fourth-order valence-electron chi connectivity index (χ4n) is 1.73. The van der Waals surface area contributed by atoms with E-state index in [-0.39, 0.29) is 4.75 Å². The molecule has 0 aromatic heterocycles. The molecule has 1 aromatic rings. The number of ether oxygens (including phenoxy) is 1. The molecular weight excluding hydrogens is 310 g/mol. The molecule has 0 saturated heterocycles. The van der Waals surface area contributed by atoms with Crippen LogP contribution in [0.1, 0.15) is 25.7 Å². The predicted octanol–water partition coefficient (Wildman–Crippen LogP) is 4.39. The molecule has 94 valence electrons. The molecule has 3 rings (SSSR count). The summed E-state index contributed by atoms with van der Waals surface area (Å²) in [6.07, 6.45) is 4.62. The van der Waals surface area contributed by atoms with Crippen LogP contribution in [0.2, 0.25) is 0 Å².